The van der Waals surface area contributed by atoms with Crippen LogP contribution in [0.2, 0.25) is 0 Å². The molecule has 1 aliphatic heterocycles. The van der Waals surface area contributed by atoms with Gasteiger partial charge < -0.3 is 15.5 Å². The van der Waals surface area contributed by atoms with Crippen molar-refractivity contribution in [1.82, 2.24) is 15.3 Å². The molecule has 9 heteroatoms. The highest BCUT2D eigenvalue weighted by molar-refractivity contribution is 5.58. The van der Waals surface area contributed by atoms with Gasteiger partial charge in [-0.15, -0.1) is 0 Å². The van der Waals surface area contributed by atoms with Crippen molar-refractivity contribution in [2.75, 3.05) is 36.4 Å². The molecule has 2 aromatic rings. The Balaban J connectivity index is 1.93. The van der Waals surface area contributed by atoms with E-state index in [1.54, 1.807) is 4.90 Å². The summed E-state index contributed by atoms with van der Waals surface area (Å²) < 4.78 is 52.5. The van der Waals surface area contributed by atoms with E-state index < -0.39 is 17.7 Å². The van der Waals surface area contributed by atoms with Crippen LogP contribution in [0.4, 0.5) is 35.0 Å². The molecule has 1 aromatic heterocycles. The van der Waals surface area contributed by atoms with E-state index in [1.807, 2.05) is 0 Å². The van der Waals surface area contributed by atoms with Crippen molar-refractivity contribution in [2.24, 2.45) is 0 Å². The highest BCUT2D eigenvalue weighted by atomic mass is 19.4. The van der Waals surface area contributed by atoms with Gasteiger partial charge in [0.2, 0.25) is 5.95 Å². The van der Waals surface area contributed by atoms with E-state index >= 15 is 0 Å². The fourth-order valence-corrected chi connectivity index (χ4v) is 2.51. The summed E-state index contributed by atoms with van der Waals surface area (Å²) in [5, 5.41) is 5.96. The van der Waals surface area contributed by atoms with Crippen LogP contribution in [0.1, 0.15) is 12.1 Å². The van der Waals surface area contributed by atoms with Crippen molar-refractivity contribution in [3.63, 3.8) is 0 Å². The second kappa shape index (κ2) is 7.22. The summed E-state index contributed by atoms with van der Waals surface area (Å²) in [7, 11) is 0. The molecule has 0 spiro atoms. The topological polar surface area (TPSA) is 53.1 Å². The van der Waals surface area contributed by atoms with Crippen molar-refractivity contribution in [3.8, 4) is 0 Å². The zero-order valence-corrected chi connectivity index (χ0v) is 13.3. The van der Waals surface area contributed by atoms with Crippen molar-refractivity contribution in [1.29, 1.82) is 0 Å². The molecular weight excluding hydrogens is 338 g/mol. The fraction of sp³-hybridized carbons (Fsp3) is 0.375. The molecule has 0 unspecified atom stereocenters. The van der Waals surface area contributed by atoms with E-state index in [9.17, 15) is 17.6 Å². The maximum Gasteiger partial charge on any atom is 0.433 e. The number of rotatable bonds is 3. The number of halogens is 4. The van der Waals surface area contributed by atoms with Gasteiger partial charge >= 0.3 is 6.18 Å². The molecule has 0 radical (unpaired) electrons. The van der Waals surface area contributed by atoms with Crippen LogP contribution in [0, 0.1) is 5.82 Å². The van der Waals surface area contributed by atoms with Gasteiger partial charge in [0, 0.05) is 31.4 Å². The van der Waals surface area contributed by atoms with Gasteiger partial charge in [-0.1, -0.05) is 0 Å². The van der Waals surface area contributed by atoms with Gasteiger partial charge in [0.25, 0.3) is 0 Å². The van der Waals surface area contributed by atoms with Crippen molar-refractivity contribution in [3.05, 3.63) is 41.8 Å². The number of nitrogens with zero attached hydrogens (tertiary/aromatic N) is 3. The molecule has 1 saturated heterocycles. The van der Waals surface area contributed by atoms with E-state index in [1.165, 1.54) is 24.3 Å². The molecule has 0 amide bonds. The van der Waals surface area contributed by atoms with Crippen LogP contribution in [0.25, 0.3) is 0 Å². The van der Waals surface area contributed by atoms with Gasteiger partial charge in [-0.25, -0.2) is 9.37 Å². The van der Waals surface area contributed by atoms with Gasteiger partial charge in [0.05, 0.1) is 0 Å². The molecule has 1 aromatic carbocycles. The van der Waals surface area contributed by atoms with E-state index in [2.05, 4.69) is 20.6 Å². The Bertz CT molecular complexity index is 709. The van der Waals surface area contributed by atoms with Gasteiger partial charge in [-0.3, -0.25) is 0 Å². The standard InChI is InChI=1S/C16H17F4N5/c17-11-2-4-12(5-3-11)22-14-10-13(16(18,19)20)23-15(24-14)25-8-1-6-21-7-9-25/h2-5,10,21H,1,6-9H2,(H,22,23,24). The van der Waals surface area contributed by atoms with Crippen LogP contribution in [0.3, 0.4) is 0 Å². The maximum absolute atomic E-state index is 13.2. The molecule has 134 valence electrons. The summed E-state index contributed by atoms with van der Waals surface area (Å²) in [4.78, 5) is 9.63. The first-order valence-electron chi connectivity index (χ1n) is 7.86. The minimum atomic E-state index is -4.58. The number of anilines is 3. The normalized spacial score (nSPS) is 15.8. The quantitative estimate of drug-likeness (QED) is 0.829. The summed E-state index contributed by atoms with van der Waals surface area (Å²) in [6.07, 6.45) is -3.79. The highest BCUT2D eigenvalue weighted by Gasteiger charge is 2.34. The number of aromatic nitrogens is 2. The lowest BCUT2D eigenvalue weighted by Gasteiger charge is -2.21. The van der Waals surface area contributed by atoms with Crippen LogP contribution in [0.15, 0.2) is 30.3 Å². The Labute approximate surface area is 142 Å². The summed E-state index contributed by atoms with van der Waals surface area (Å²) >= 11 is 0. The van der Waals surface area contributed by atoms with Gasteiger partial charge in [0.1, 0.15) is 11.6 Å². The van der Waals surface area contributed by atoms with Gasteiger partial charge in [-0.2, -0.15) is 18.2 Å². The van der Waals surface area contributed by atoms with E-state index in [0.717, 1.165) is 19.0 Å². The van der Waals surface area contributed by atoms with Crippen molar-refractivity contribution < 1.29 is 17.6 Å². The molecule has 2 N–H and O–H groups in total. The number of nitrogens with one attached hydrogen (secondary N) is 2. The molecule has 0 bridgehead atoms. The number of hydrogen-bond acceptors (Lipinski definition) is 5. The molecule has 0 aliphatic carbocycles. The Kier molecular flexibility index (Phi) is 5.03. The lowest BCUT2D eigenvalue weighted by Crippen LogP contribution is -2.30. The molecular formula is C16H17F4N5. The zero-order chi connectivity index (χ0) is 17.9. The molecule has 2 heterocycles. The molecule has 5 nitrogen and oxygen atoms in total. The second-order valence-corrected chi connectivity index (χ2v) is 5.66. The van der Waals surface area contributed by atoms with Crippen LogP contribution >= 0.6 is 0 Å². The SMILES string of the molecule is Fc1ccc(Nc2cc(C(F)(F)F)nc(N3CCCNCC3)n2)cc1. The van der Waals surface area contributed by atoms with Crippen LogP contribution in [0.5, 0.6) is 0 Å². The minimum absolute atomic E-state index is 0.0149. The Hall–Kier alpha value is -2.42. The third kappa shape index (κ3) is 4.56. The van der Waals surface area contributed by atoms with Crippen LogP contribution in [-0.4, -0.2) is 36.1 Å². The average Bonchev–Trinajstić information content (AvgIpc) is 2.85. The van der Waals surface area contributed by atoms with Crippen LogP contribution < -0.4 is 15.5 Å². The van der Waals surface area contributed by atoms with E-state index in [4.69, 9.17) is 0 Å². The largest absolute Gasteiger partial charge is 0.433 e. The number of hydrogen-bond donors (Lipinski definition) is 2. The first-order valence-corrected chi connectivity index (χ1v) is 7.86. The number of benzene rings is 1. The summed E-state index contributed by atoms with van der Waals surface area (Å²) in [6, 6.07) is 6.15. The van der Waals surface area contributed by atoms with Crippen molar-refractivity contribution >= 4 is 17.5 Å². The van der Waals surface area contributed by atoms with Gasteiger partial charge in [-0.05, 0) is 37.2 Å². The Morgan fingerprint density at radius 3 is 2.52 bits per heavy atom. The van der Waals surface area contributed by atoms with Crippen molar-refractivity contribution in [2.45, 2.75) is 12.6 Å². The molecule has 3 rings (SSSR count). The molecule has 1 fully saturated rings. The first-order chi connectivity index (χ1) is 11.9. The zero-order valence-electron chi connectivity index (χ0n) is 13.3. The highest BCUT2D eigenvalue weighted by Crippen LogP contribution is 2.31. The third-order valence-corrected chi connectivity index (χ3v) is 3.74. The molecule has 1 aliphatic rings. The second-order valence-electron chi connectivity index (χ2n) is 5.66. The minimum Gasteiger partial charge on any atom is -0.340 e. The molecule has 0 saturated carbocycles. The smallest absolute Gasteiger partial charge is 0.340 e. The lowest BCUT2D eigenvalue weighted by atomic mass is 10.3. The molecule has 25 heavy (non-hydrogen) atoms. The van der Waals surface area contributed by atoms with Gasteiger partial charge in [0.15, 0.2) is 5.69 Å². The maximum atomic E-state index is 13.2. The monoisotopic (exact) mass is 355 g/mol. The third-order valence-electron chi connectivity index (χ3n) is 3.74. The fourth-order valence-electron chi connectivity index (χ4n) is 2.51. The molecule has 0 atom stereocenters. The summed E-state index contributed by atoms with van der Waals surface area (Å²) in [6.45, 7) is 2.55. The first kappa shape index (κ1) is 17.4. The Morgan fingerprint density at radius 2 is 1.80 bits per heavy atom. The summed E-state index contributed by atoms with van der Waals surface area (Å²) in [5.74, 6) is -0.383. The van der Waals surface area contributed by atoms with E-state index in [-0.39, 0.29) is 11.8 Å². The Morgan fingerprint density at radius 1 is 1.04 bits per heavy atom. The van der Waals surface area contributed by atoms with E-state index in [0.29, 0.717) is 25.3 Å². The predicted octanol–water partition coefficient (Wildman–Crippen LogP) is 3.18. The predicted molar refractivity (Wildman–Crippen MR) is 86.4 cm³/mol. The van der Waals surface area contributed by atoms with Crippen LogP contribution in [-0.2, 0) is 6.18 Å². The summed E-state index contributed by atoms with van der Waals surface area (Å²) in [5.41, 5.74) is -0.573. The lowest BCUT2D eigenvalue weighted by molar-refractivity contribution is -0.141. The number of alkyl halides is 3. The average molecular weight is 355 g/mol.